The van der Waals surface area contributed by atoms with Crippen LogP contribution in [-0.4, -0.2) is 16.3 Å². The number of hydrogen-bond acceptors (Lipinski definition) is 3. The summed E-state index contributed by atoms with van der Waals surface area (Å²) >= 11 is 7.56. The molecule has 0 saturated heterocycles. The van der Waals surface area contributed by atoms with E-state index in [1.54, 1.807) is 11.3 Å². The SMILES string of the molecule is CCCN=c1sc(-c2cccc(Cl)c2)nn1C. The quantitative estimate of drug-likeness (QED) is 0.840. The molecule has 0 spiro atoms. The highest BCUT2D eigenvalue weighted by Gasteiger charge is 2.05. The topological polar surface area (TPSA) is 30.2 Å². The van der Waals surface area contributed by atoms with Crippen molar-refractivity contribution in [2.75, 3.05) is 6.54 Å². The Morgan fingerprint density at radius 3 is 3.00 bits per heavy atom. The van der Waals surface area contributed by atoms with Gasteiger partial charge in [0.05, 0.1) is 0 Å². The summed E-state index contributed by atoms with van der Waals surface area (Å²) in [4.78, 5) is 5.42. The fraction of sp³-hybridized carbons (Fsp3) is 0.333. The first kappa shape index (κ1) is 12.3. The molecule has 1 aromatic heterocycles. The van der Waals surface area contributed by atoms with Gasteiger partial charge in [-0.2, -0.15) is 5.10 Å². The Hall–Kier alpha value is -1.13. The van der Waals surface area contributed by atoms with Crippen molar-refractivity contribution in [1.29, 1.82) is 0 Å². The Morgan fingerprint density at radius 2 is 2.29 bits per heavy atom. The maximum Gasteiger partial charge on any atom is 0.203 e. The maximum atomic E-state index is 5.97. The predicted octanol–water partition coefficient (Wildman–Crippen LogP) is 3.11. The molecule has 0 amide bonds. The summed E-state index contributed by atoms with van der Waals surface area (Å²) in [5.41, 5.74) is 1.04. The lowest BCUT2D eigenvalue weighted by Crippen LogP contribution is -2.12. The number of hydrogen-bond donors (Lipinski definition) is 0. The van der Waals surface area contributed by atoms with E-state index in [2.05, 4.69) is 17.0 Å². The predicted molar refractivity (Wildman–Crippen MR) is 72.3 cm³/mol. The number of halogens is 1. The Bertz CT molecular complexity index is 571. The lowest BCUT2D eigenvalue weighted by molar-refractivity contribution is 0.715. The third kappa shape index (κ3) is 2.96. The highest BCUT2D eigenvalue weighted by molar-refractivity contribution is 7.12. The second-order valence-electron chi connectivity index (χ2n) is 3.71. The zero-order chi connectivity index (χ0) is 12.3. The van der Waals surface area contributed by atoms with Crippen molar-refractivity contribution in [1.82, 2.24) is 9.78 Å². The van der Waals surface area contributed by atoms with Crippen LogP contribution < -0.4 is 4.80 Å². The van der Waals surface area contributed by atoms with Crippen LogP contribution >= 0.6 is 22.9 Å². The van der Waals surface area contributed by atoms with Crippen molar-refractivity contribution in [2.45, 2.75) is 13.3 Å². The molecule has 5 heteroatoms. The summed E-state index contributed by atoms with van der Waals surface area (Å²) in [6, 6.07) is 7.72. The van der Waals surface area contributed by atoms with Gasteiger partial charge in [0.15, 0.2) is 0 Å². The highest BCUT2D eigenvalue weighted by atomic mass is 35.5. The number of aryl methyl sites for hydroxylation is 1. The minimum atomic E-state index is 0.729. The third-order valence-corrected chi connectivity index (χ3v) is 3.57. The van der Waals surface area contributed by atoms with Crippen molar-refractivity contribution in [3.05, 3.63) is 34.1 Å². The van der Waals surface area contributed by atoms with E-state index < -0.39 is 0 Å². The van der Waals surface area contributed by atoms with Crippen LogP contribution in [0.5, 0.6) is 0 Å². The third-order valence-electron chi connectivity index (χ3n) is 2.25. The van der Waals surface area contributed by atoms with Crippen molar-refractivity contribution < 1.29 is 0 Å². The molecule has 0 aliphatic carbocycles. The molecule has 0 bridgehead atoms. The molecule has 0 atom stereocenters. The standard InChI is InChI=1S/C12H14ClN3S/c1-3-7-14-12-16(2)15-11(17-12)9-5-4-6-10(13)8-9/h4-6,8H,3,7H2,1-2H3. The van der Waals surface area contributed by atoms with Crippen molar-refractivity contribution in [3.63, 3.8) is 0 Å². The van der Waals surface area contributed by atoms with Gasteiger partial charge in [-0.05, 0) is 18.6 Å². The summed E-state index contributed by atoms with van der Waals surface area (Å²) < 4.78 is 1.82. The Morgan fingerprint density at radius 1 is 1.47 bits per heavy atom. The van der Waals surface area contributed by atoms with Gasteiger partial charge in [-0.25, -0.2) is 4.68 Å². The summed E-state index contributed by atoms with van der Waals surface area (Å²) in [5, 5.41) is 6.14. The van der Waals surface area contributed by atoms with Crippen LogP contribution in [0.4, 0.5) is 0 Å². The van der Waals surface area contributed by atoms with Crippen LogP contribution in [0.15, 0.2) is 29.3 Å². The molecule has 0 saturated carbocycles. The first-order chi connectivity index (χ1) is 8.20. The van der Waals surface area contributed by atoms with Gasteiger partial charge in [0.2, 0.25) is 4.80 Å². The highest BCUT2D eigenvalue weighted by Crippen LogP contribution is 2.22. The Labute approximate surface area is 109 Å². The van der Waals surface area contributed by atoms with Crippen LogP contribution in [0, 0.1) is 0 Å². The van der Waals surface area contributed by atoms with E-state index in [-0.39, 0.29) is 0 Å². The van der Waals surface area contributed by atoms with Gasteiger partial charge in [0, 0.05) is 24.2 Å². The van der Waals surface area contributed by atoms with Gasteiger partial charge in [-0.1, -0.05) is 42.0 Å². The van der Waals surface area contributed by atoms with Gasteiger partial charge < -0.3 is 0 Å². The molecule has 2 rings (SSSR count). The van der Waals surface area contributed by atoms with Gasteiger partial charge in [-0.3, -0.25) is 4.99 Å². The molecule has 0 radical (unpaired) electrons. The molecule has 0 aliphatic rings. The van der Waals surface area contributed by atoms with Crippen LogP contribution in [0.3, 0.4) is 0 Å². The maximum absolute atomic E-state index is 5.97. The van der Waals surface area contributed by atoms with E-state index in [1.807, 2.05) is 36.0 Å². The fourth-order valence-corrected chi connectivity index (χ4v) is 2.53. The summed E-state index contributed by atoms with van der Waals surface area (Å²) in [5.74, 6) is 0. The van der Waals surface area contributed by atoms with E-state index >= 15 is 0 Å². The largest absolute Gasteiger partial charge is 0.258 e. The lowest BCUT2D eigenvalue weighted by atomic mass is 10.2. The van der Waals surface area contributed by atoms with Crippen LogP contribution in [0.1, 0.15) is 13.3 Å². The smallest absolute Gasteiger partial charge is 0.203 e. The average Bonchev–Trinajstić information content (AvgIpc) is 2.68. The minimum Gasteiger partial charge on any atom is -0.258 e. The van der Waals surface area contributed by atoms with Gasteiger partial charge in [0.25, 0.3) is 0 Å². The normalized spacial score (nSPS) is 12.1. The molecule has 2 aromatic rings. The first-order valence-electron chi connectivity index (χ1n) is 5.51. The molecular weight excluding hydrogens is 254 g/mol. The second-order valence-corrected chi connectivity index (χ2v) is 5.10. The van der Waals surface area contributed by atoms with Crippen molar-refractivity contribution in [3.8, 4) is 10.6 Å². The number of nitrogens with zero attached hydrogens (tertiary/aromatic N) is 3. The van der Waals surface area contributed by atoms with E-state index in [0.717, 1.165) is 33.4 Å². The van der Waals surface area contributed by atoms with Crippen molar-refractivity contribution in [2.24, 2.45) is 12.0 Å². The van der Waals surface area contributed by atoms with E-state index in [4.69, 9.17) is 11.6 Å². The summed E-state index contributed by atoms with van der Waals surface area (Å²) in [6.07, 6.45) is 1.05. The number of rotatable bonds is 3. The zero-order valence-corrected chi connectivity index (χ0v) is 11.4. The van der Waals surface area contributed by atoms with Crippen LogP contribution in [0.2, 0.25) is 5.02 Å². The molecule has 17 heavy (non-hydrogen) atoms. The molecule has 90 valence electrons. The van der Waals surface area contributed by atoms with Crippen LogP contribution in [0.25, 0.3) is 10.6 Å². The first-order valence-corrected chi connectivity index (χ1v) is 6.70. The van der Waals surface area contributed by atoms with Crippen LogP contribution in [-0.2, 0) is 7.05 Å². The summed E-state index contributed by atoms with van der Waals surface area (Å²) in [7, 11) is 1.92. The number of benzene rings is 1. The molecule has 1 aromatic carbocycles. The molecule has 0 fully saturated rings. The molecule has 0 N–H and O–H groups in total. The molecule has 0 unspecified atom stereocenters. The minimum absolute atomic E-state index is 0.729. The Balaban J connectivity index is 2.41. The van der Waals surface area contributed by atoms with E-state index in [9.17, 15) is 0 Å². The number of aromatic nitrogens is 2. The molecule has 0 aliphatic heterocycles. The van der Waals surface area contributed by atoms with E-state index in [0.29, 0.717) is 0 Å². The van der Waals surface area contributed by atoms with Crippen molar-refractivity contribution >= 4 is 22.9 Å². The van der Waals surface area contributed by atoms with Gasteiger partial charge >= 0.3 is 0 Å². The molecule has 3 nitrogen and oxygen atoms in total. The molecule has 1 heterocycles. The Kier molecular flexibility index (Phi) is 3.97. The van der Waals surface area contributed by atoms with Gasteiger partial charge in [-0.15, -0.1) is 0 Å². The zero-order valence-electron chi connectivity index (χ0n) is 9.85. The fourth-order valence-electron chi connectivity index (χ4n) is 1.43. The monoisotopic (exact) mass is 267 g/mol. The molecular formula is C12H14ClN3S. The van der Waals surface area contributed by atoms with E-state index in [1.165, 1.54) is 0 Å². The second kappa shape index (κ2) is 5.47. The average molecular weight is 268 g/mol. The van der Waals surface area contributed by atoms with Gasteiger partial charge in [0.1, 0.15) is 5.01 Å². The lowest BCUT2D eigenvalue weighted by Gasteiger charge is -1.94. The summed E-state index contributed by atoms with van der Waals surface area (Å²) in [6.45, 7) is 2.95.